The van der Waals surface area contributed by atoms with Gasteiger partial charge in [-0.2, -0.15) is 13.2 Å². The first-order valence-electron chi connectivity index (χ1n) is 3.64. The second kappa shape index (κ2) is 4.09. The molecule has 0 rings (SSSR count). The van der Waals surface area contributed by atoms with E-state index < -0.39 is 18.3 Å². The van der Waals surface area contributed by atoms with Crippen LogP contribution in [0.15, 0.2) is 0 Å². The van der Waals surface area contributed by atoms with Crippen LogP contribution in [0.2, 0.25) is 0 Å². The fraction of sp³-hybridized carbons (Fsp3) is 1.00. The molecule has 0 saturated carbocycles. The molecular formula is C7H14F3NO. The van der Waals surface area contributed by atoms with Crippen LogP contribution in [-0.4, -0.2) is 24.9 Å². The Labute approximate surface area is 69.9 Å². The van der Waals surface area contributed by atoms with E-state index in [2.05, 4.69) is 4.74 Å². The highest BCUT2D eigenvalue weighted by molar-refractivity contribution is 4.70. The molecule has 0 radical (unpaired) electrons. The van der Waals surface area contributed by atoms with Gasteiger partial charge in [0.25, 0.3) is 0 Å². The summed E-state index contributed by atoms with van der Waals surface area (Å²) in [6.07, 6.45) is -3.82. The highest BCUT2D eigenvalue weighted by atomic mass is 19.4. The minimum Gasteiger partial charge on any atom is -0.372 e. The first kappa shape index (κ1) is 11.7. The number of alkyl halides is 3. The highest BCUT2D eigenvalue weighted by Gasteiger charge is 2.27. The van der Waals surface area contributed by atoms with E-state index in [4.69, 9.17) is 5.73 Å². The van der Waals surface area contributed by atoms with Gasteiger partial charge in [-0.25, -0.2) is 0 Å². The average molecular weight is 185 g/mol. The number of rotatable bonds is 4. The molecule has 0 amide bonds. The lowest BCUT2D eigenvalue weighted by Crippen LogP contribution is -2.33. The van der Waals surface area contributed by atoms with E-state index in [0.29, 0.717) is 6.42 Å². The van der Waals surface area contributed by atoms with Gasteiger partial charge in [0.1, 0.15) is 6.61 Å². The largest absolute Gasteiger partial charge is 0.411 e. The van der Waals surface area contributed by atoms with Crippen LogP contribution in [-0.2, 0) is 4.74 Å². The monoisotopic (exact) mass is 185 g/mol. The third-order valence-corrected chi connectivity index (χ3v) is 1.16. The molecule has 74 valence electrons. The maximum absolute atomic E-state index is 11.5. The van der Waals surface area contributed by atoms with Crippen LogP contribution >= 0.6 is 0 Å². The van der Waals surface area contributed by atoms with Crippen molar-refractivity contribution in [1.29, 1.82) is 0 Å². The number of hydrogen-bond donors (Lipinski definition) is 1. The summed E-state index contributed by atoms with van der Waals surface area (Å²) >= 11 is 0. The molecule has 12 heavy (non-hydrogen) atoms. The van der Waals surface area contributed by atoms with E-state index >= 15 is 0 Å². The van der Waals surface area contributed by atoms with Gasteiger partial charge in [-0.3, -0.25) is 0 Å². The Morgan fingerprint density at radius 3 is 2.08 bits per heavy atom. The van der Waals surface area contributed by atoms with Crippen LogP contribution in [0.3, 0.4) is 0 Å². The Morgan fingerprint density at radius 2 is 1.75 bits per heavy atom. The third kappa shape index (κ3) is 9.71. The van der Waals surface area contributed by atoms with Crippen molar-refractivity contribution in [3.05, 3.63) is 0 Å². The molecule has 0 aromatic rings. The van der Waals surface area contributed by atoms with Crippen molar-refractivity contribution in [2.24, 2.45) is 5.73 Å². The zero-order valence-electron chi connectivity index (χ0n) is 7.24. The highest BCUT2D eigenvalue weighted by Crippen LogP contribution is 2.15. The van der Waals surface area contributed by atoms with Gasteiger partial charge in [-0.05, 0) is 20.3 Å². The van der Waals surface area contributed by atoms with Gasteiger partial charge in [0, 0.05) is 12.1 Å². The van der Waals surface area contributed by atoms with Crippen LogP contribution in [0.5, 0.6) is 0 Å². The predicted octanol–water partition coefficient (Wildman–Crippen LogP) is 1.69. The molecule has 0 atom stereocenters. The lowest BCUT2D eigenvalue weighted by atomic mass is 10.0. The van der Waals surface area contributed by atoms with Crippen molar-refractivity contribution in [3.8, 4) is 0 Å². The van der Waals surface area contributed by atoms with Crippen molar-refractivity contribution in [2.75, 3.05) is 13.2 Å². The summed E-state index contributed by atoms with van der Waals surface area (Å²) in [6.45, 7) is 2.33. The van der Waals surface area contributed by atoms with Crippen LogP contribution < -0.4 is 5.73 Å². The summed E-state index contributed by atoms with van der Waals surface area (Å²) in [5.74, 6) is 0. The number of nitrogens with two attached hydrogens (primary N) is 1. The second-order valence-electron chi connectivity index (χ2n) is 3.41. The standard InChI is InChI=1S/C7H14F3NO/c1-6(2,11)3-4-12-5-7(8,9)10/h3-5,11H2,1-2H3. The molecule has 0 heterocycles. The van der Waals surface area contributed by atoms with Gasteiger partial charge < -0.3 is 10.5 Å². The van der Waals surface area contributed by atoms with Gasteiger partial charge in [-0.15, -0.1) is 0 Å². The molecule has 5 heteroatoms. The zero-order chi connectivity index (χ0) is 9.83. The molecule has 0 aromatic heterocycles. The molecule has 0 aliphatic rings. The number of halogens is 3. The lowest BCUT2D eigenvalue weighted by Gasteiger charge is -2.18. The summed E-state index contributed by atoms with van der Waals surface area (Å²) in [5.41, 5.74) is 5.06. The summed E-state index contributed by atoms with van der Waals surface area (Å²) in [6, 6.07) is 0. The van der Waals surface area contributed by atoms with Gasteiger partial charge >= 0.3 is 6.18 Å². The first-order chi connectivity index (χ1) is 5.21. The molecule has 0 aliphatic carbocycles. The molecule has 2 N–H and O–H groups in total. The first-order valence-corrected chi connectivity index (χ1v) is 3.64. The Balaban J connectivity index is 3.35. The van der Waals surface area contributed by atoms with E-state index in [1.165, 1.54) is 0 Å². The molecule has 0 unspecified atom stereocenters. The fourth-order valence-corrected chi connectivity index (χ4v) is 0.523. The van der Waals surface area contributed by atoms with Gasteiger partial charge in [-0.1, -0.05) is 0 Å². The Morgan fingerprint density at radius 1 is 1.25 bits per heavy atom. The Kier molecular flexibility index (Phi) is 3.99. The van der Waals surface area contributed by atoms with Crippen molar-refractivity contribution in [2.45, 2.75) is 32.0 Å². The molecule has 0 bridgehead atoms. The topological polar surface area (TPSA) is 35.2 Å². The fourth-order valence-electron chi connectivity index (χ4n) is 0.523. The molecule has 2 nitrogen and oxygen atoms in total. The van der Waals surface area contributed by atoms with Crippen molar-refractivity contribution in [1.82, 2.24) is 0 Å². The molecular weight excluding hydrogens is 171 g/mol. The summed E-state index contributed by atoms with van der Waals surface area (Å²) in [4.78, 5) is 0. The summed E-state index contributed by atoms with van der Waals surface area (Å²) in [5, 5.41) is 0. The van der Waals surface area contributed by atoms with Gasteiger partial charge in [0.2, 0.25) is 0 Å². The number of hydrogen-bond acceptors (Lipinski definition) is 2. The van der Waals surface area contributed by atoms with E-state index in [0.717, 1.165) is 0 Å². The maximum Gasteiger partial charge on any atom is 0.411 e. The molecule has 0 fully saturated rings. The number of ether oxygens (including phenoxy) is 1. The Hall–Kier alpha value is -0.290. The Bertz CT molecular complexity index is 112. The summed E-state index contributed by atoms with van der Waals surface area (Å²) < 4.78 is 38.9. The average Bonchev–Trinajstić information content (AvgIpc) is 1.76. The van der Waals surface area contributed by atoms with Crippen molar-refractivity contribution >= 4 is 0 Å². The molecule has 0 saturated heterocycles. The van der Waals surface area contributed by atoms with Crippen LogP contribution in [0.25, 0.3) is 0 Å². The maximum atomic E-state index is 11.5. The van der Waals surface area contributed by atoms with E-state index in [1.807, 2.05) is 0 Å². The normalized spacial score (nSPS) is 13.5. The van der Waals surface area contributed by atoms with Crippen LogP contribution in [0, 0.1) is 0 Å². The van der Waals surface area contributed by atoms with Gasteiger partial charge in [0.15, 0.2) is 0 Å². The summed E-state index contributed by atoms with van der Waals surface area (Å²) in [7, 11) is 0. The van der Waals surface area contributed by atoms with Crippen molar-refractivity contribution < 1.29 is 17.9 Å². The molecule has 0 aromatic carbocycles. The smallest absolute Gasteiger partial charge is 0.372 e. The van der Waals surface area contributed by atoms with Gasteiger partial charge in [0.05, 0.1) is 0 Å². The van der Waals surface area contributed by atoms with Crippen LogP contribution in [0.1, 0.15) is 20.3 Å². The van der Waals surface area contributed by atoms with E-state index in [1.54, 1.807) is 13.8 Å². The molecule has 0 aliphatic heterocycles. The van der Waals surface area contributed by atoms with Crippen molar-refractivity contribution in [3.63, 3.8) is 0 Å². The van der Waals surface area contributed by atoms with E-state index in [-0.39, 0.29) is 6.61 Å². The second-order valence-corrected chi connectivity index (χ2v) is 3.41. The SMILES string of the molecule is CC(C)(N)CCOCC(F)(F)F. The zero-order valence-corrected chi connectivity index (χ0v) is 7.24. The minimum absolute atomic E-state index is 0.0447. The predicted molar refractivity (Wildman–Crippen MR) is 39.8 cm³/mol. The van der Waals surface area contributed by atoms with E-state index in [9.17, 15) is 13.2 Å². The minimum atomic E-state index is -4.24. The quantitative estimate of drug-likeness (QED) is 0.676. The lowest BCUT2D eigenvalue weighted by molar-refractivity contribution is -0.174. The molecule has 0 spiro atoms. The van der Waals surface area contributed by atoms with Crippen LogP contribution in [0.4, 0.5) is 13.2 Å². The third-order valence-electron chi connectivity index (χ3n) is 1.16.